The van der Waals surface area contributed by atoms with Crippen molar-refractivity contribution in [2.24, 2.45) is 0 Å². The second kappa shape index (κ2) is 6.11. The number of thioether (sulfide) groups is 1. The molecule has 1 aromatic rings. The van der Waals surface area contributed by atoms with Gasteiger partial charge < -0.3 is 15.5 Å². The molecular weight excluding hydrogens is 250 g/mol. The number of carboxylic acids is 1. The van der Waals surface area contributed by atoms with Crippen molar-refractivity contribution in [2.45, 2.75) is 19.4 Å². The lowest BCUT2D eigenvalue weighted by molar-refractivity contribution is 0.0696. The first-order valence-corrected chi connectivity index (χ1v) is 7.04. The van der Waals surface area contributed by atoms with E-state index in [1.54, 1.807) is 43.8 Å². The van der Waals surface area contributed by atoms with Crippen LogP contribution in [0.3, 0.4) is 0 Å². The molecule has 0 bridgehead atoms. The molecule has 0 saturated heterocycles. The van der Waals surface area contributed by atoms with Crippen molar-refractivity contribution in [3.8, 4) is 0 Å². The number of hydrogen-bond donors (Lipinski definition) is 3. The molecule has 0 aliphatic heterocycles. The lowest BCUT2D eigenvalue weighted by atomic mass is 10.1. The standard InChI is InChI=1S/C13H19NO3S/c1-9-6-10(4-5-11(9)12(15)16)14-7-13(2,17)8-18-3/h4-6,14,17H,7-8H2,1-3H3,(H,15,16). The van der Waals surface area contributed by atoms with Gasteiger partial charge in [-0.1, -0.05) is 0 Å². The quantitative estimate of drug-likeness (QED) is 0.738. The highest BCUT2D eigenvalue weighted by Crippen LogP contribution is 2.17. The van der Waals surface area contributed by atoms with Crippen molar-refractivity contribution in [2.75, 3.05) is 23.9 Å². The first-order chi connectivity index (χ1) is 8.35. The molecule has 0 aliphatic rings. The largest absolute Gasteiger partial charge is 0.478 e. The zero-order valence-corrected chi connectivity index (χ0v) is 11.7. The minimum absolute atomic E-state index is 0.302. The molecule has 1 atom stereocenters. The van der Waals surface area contributed by atoms with Crippen LogP contribution in [-0.4, -0.2) is 40.3 Å². The maximum absolute atomic E-state index is 10.9. The Labute approximate surface area is 111 Å². The SMILES string of the molecule is CSCC(C)(O)CNc1ccc(C(=O)O)c(C)c1. The van der Waals surface area contributed by atoms with E-state index in [1.165, 1.54) is 0 Å². The van der Waals surface area contributed by atoms with Gasteiger partial charge in [-0.15, -0.1) is 0 Å². The van der Waals surface area contributed by atoms with Crippen LogP contribution in [0.2, 0.25) is 0 Å². The van der Waals surface area contributed by atoms with Crippen molar-refractivity contribution >= 4 is 23.4 Å². The van der Waals surface area contributed by atoms with Crippen molar-refractivity contribution in [3.05, 3.63) is 29.3 Å². The van der Waals surface area contributed by atoms with Gasteiger partial charge in [-0.25, -0.2) is 4.79 Å². The third kappa shape index (κ3) is 4.23. The minimum Gasteiger partial charge on any atom is -0.478 e. The normalized spacial score (nSPS) is 14.0. The smallest absolute Gasteiger partial charge is 0.335 e. The Bertz CT molecular complexity index is 432. The lowest BCUT2D eigenvalue weighted by Crippen LogP contribution is -2.36. The van der Waals surface area contributed by atoms with E-state index in [-0.39, 0.29) is 0 Å². The van der Waals surface area contributed by atoms with Gasteiger partial charge in [-0.3, -0.25) is 0 Å². The minimum atomic E-state index is -0.923. The summed E-state index contributed by atoms with van der Waals surface area (Å²) in [5.74, 6) is -0.278. The number of carbonyl (C=O) groups is 1. The Balaban J connectivity index is 2.70. The molecule has 1 rings (SSSR count). The Morgan fingerprint density at radius 1 is 1.50 bits per heavy atom. The number of anilines is 1. The van der Waals surface area contributed by atoms with E-state index in [0.29, 0.717) is 23.4 Å². The van der Waals surface area contributed by atoms with Gasteiger partial charge in [0.2, 0.25) is 0 Å². The summed E-state index contributed by atoms with van der Waals surface area (Å²) in [6.07, 6.45) is 1.94. The molecule has 0 amide bonds. The van der Waals surface area contributed by atoms with Crippen molar-refractivity contribution < 1.29 is 15.0 Å². The topological polar surface area (TPSA) is 69.6 Å². The molecule has 1 unspecified atom stereocenters. The molecule has 1 aromatic carbocycles. The summed E-state index contributed by atoms with van der Waals surface area (Å²) in [5.41, 5.74) is 1.05. The van der Waals surface area contributed by atoms with Crippen LogP contribution < -0.4 is 5.32 Å². The zero-order valence-electron chi connectivity index (χ0n) is 10.9. The molecule has 0 heterocycles. The molecule has 3 N–H and O–H groups in total. The number of rotatable bonds is 6. The summed E-state index contributed by atoms with van der Waals surface area (Å²) in [5, 5.41) is 22.1. The molecule has 18 heavy (non-hydrogen) atoms. The molecule has 0 fully saturated rings. The molecule has 4 nitrogen and oxygen atoms in total. The van der Waals surface area contributed by atoms with Gasteiger partial charge in [0.05, 0.1) is 11.2 Å². The number of aliphatic hydroxyl groups is 1. The highest BCUT2D eigenvalue weighted by molar-refractivity contribution is 7.98. The summed E-state index contributed by atoms with van der Waals surface area (Å²) in [6, 6.07) is 5.06. The van der Waals surface area contributed by atoms with E-state index in [9.17, 15) is 9.90 Å². The van der Waals surface area contributed by atoms with Crippen LogP contribution in [0.4, 0.5) is 5.69 Å². The summed E-state index contributed by atoms with van der Waals surface area (Å²) in [4.78, 5) is 10.9. The summed E-state index contributed by atoms with van der Waals surface area (Å²) >= 11 is 1.59. The van der Waals surface area contributed by atoms with E-state index in [0.717, 1.165) is 5.69 Å². The van der Waals surface area contributed by atoms with Gasteiger partial charge in [0.15, 0.2) is 0 Å². The number of aryl methyl sites for hydroxylation is 1. The number of nitrogens with one attached hydrogen (secondary N) is 1. The fourth-order valence-electron chi connectivity index (χ4n) is 1.67. The third-order valence-electron chi connectivity index (χ3n) is 2.59. The summed E-state index contributed by atoms with van der Waals surface area (Å²) in [6.45, 7) is 3.96. The van der Waals surface area contributed by atoms with Gasteiger partial charge in [-0.2, -0.15) is 11.8 Å². The average Bonchev–Trinajstić information content (AvgIpc) is 2.26. The van der Waals surface area contributed by atoms with Gasteiger partial charge in [-0.05, 0) is 43.9 Å². The number of aromatic carboxylic acids is 1. The van der Waals surface area contributed by atoms with Crippen molar-refractivity contribution in [1.29, 1.82) is 0 Å². The Morgan fingerprint density at radius 2 is 2.17 bits per heavy atom. The Kier molecular flexibility index (Phi) is 5.04. The van der Waals surface area contributed by atoms with E-state index in [4.69, 9.17) is 5.11 Å². The first-order valence-electron chi connectivity index (χ1n) is 5.65. The second-order valence-electron chi connectivity index (χ2n) is 4.62. The number of hydrogen-bond acceptors (Lipinski definition) is 4. The van der Waals surface area contributed by atoms with Crippen LogP contribution >= 0.6 is 11.8 Å². The zero-order chi connectivity index (χ0) is 13.8. The fraction of sp³-hybridized carbons (Fsp3) is 0.462. The van der Waals surface area contributed by atoms with E-state index in [1.807, 2.05) is 6.26 Å². The van der Waals surface area contributed by atoms with Crippen LogP contribution in [0.15, 0.2) is 18.2 Å². The van der Waals surface area contributed by atoms with Crippen LogP contribution in [-0.2, 0) is 0 Å². The second-order valence-corrected chi connectivity index (χ2v) is 5.48. The highest BCUT2D eigenvalue weighted by Gasteiger charge is 2.19. The predicted molar refractivity (Wildman–Crippen MR) is 75.6 cm³/mol. The molecule has 5 heteroatoms. The molecule has 100 valence electrons. The summed E-state index contributed by atoms with van der Waals surface area (Å²) < 4.78 is 0. The lowest BCUT2D eigenvalue weighted by Gasteiger charge is -2.23. The predicted octanol–water partition coefficient (Wildman–Crippen LogP) is 2.22. The van der Waals surface area contributed by atoms with Crippen LogP contribution in [0.1, 0.15) is 22.8 Å². The fourth-order valence-corrected chi connectivity index (χ4v) is 2.39. The first kappa shape index (κ1) is 14.9. The number of carboxylic acid groups (broad SMARTS) is 1. The van der Waals surface area contributed by atoms with Crippen molar-refractivity contribution in [3.63, 3.8) is 0 Å². The molecule has 0 aliphatic carbocycles. The Hall–Kier alpha value is -1.20. The van der Waals surface area contributed by atoms with Gasteiger partial charge in [0.25, 0.3) is 0 Å². The maximum atomic E-state index is 10.9. The molecule has 0 aromatic heterocycles. The highest BCUT2D eigenvalue weighted by atomic mass is 32.2. The van der Waals surface area contributed by atoms with Gasteiger partial charge in [0.1, 0.15) is 0 Å². The van der Waals surface area contributed by atoms with E-state index in [2.05, 4.69) is 5.32 Å². The molecule has 0 spiro atoms. The van der Waals surface area contributed by atoms with Crippen LogP contribution in [0.25, 0.3) is 0 Å². The summed E-state index contributed by atoms with van der Waals surface area (Å²) in [7, 11) is 0. The van der Waals surface area contributed by atoms with Crippen LogP contribution in [0, 0.1) is 6.92 Å². The van der Waals surface area contributed by atoms with Crippen LogP contribution in [0.5, 0.6) is 0 Å². The van der Waals surface area contributed by atoms with Crippen molar-refractivity contribution in [1.82, 2.24) is 0 Å². The monoisotopic (exact) mass is 269 g/mol. The van der Waals surface area contributed by atoms with Gasteiger partial charge in [0, 0.05) is 18.0 Å². The Morgan fingerprint density at radius 3 is 2.67 bits per heavy atom. The average molecular weight is 269 g/mol. The van der Waals surface area contributed by atoms with E-state index < -0.39 is 11.6 Å². The number of benzene rings is 1. The maximum Gasteiger partial charge on any atom is 0.335 e. The van der Waals surface area contributed by atoms with E-state index >= 15 is 0 Å². The molecule has 0 radical (unpaired) electrons. The molecule has 0 saturated carbocycles. The third-order valence-corrected chi connectivity index (χ3v) is 3.50. The van der Waals surface area contributed by atoms with Gasteiger partial charge >= 0.3 is 5.97 Å². The molecular formula is C13H19NO3S.